The lowest BCUT2D eigenvalue weighted by Gasteiger charge is -2.07. The first-order valence-electron chi connectivity index (χ1n) is 9.23. The van der Waals surface area contributed by atoms with Crippen LogP contribution in [0.2, 0.25) is 0 Å². The minimum Gasteiger partial charge on any atom is -0.317 e. The van der Waals surface area contributed by atoms with Gasteiger partial charge in [0.1, 0.15) is 16.6 Å². The normalized spacial score (nSPS) is 11.2. The number of anilines is 1. The molecular weight excluding hydrogens is 448 g/mol. The molecule has 0 saturated heterocycles. The molecule has 0 aliphatic rings. The van der Waals surface area contributed by atoms with Crippen LogP contribution in [0.25, 0.3) is 11.8 Å². The molecule has 158 valence electrons. The van der Waals surface area contributed by atoms with Crippen molar-refractivity contribution in [2.24, 2.45) is 0 Å². The van der Waals surface area contributed by atoms with Crippen molar-refractivity contribution in [3.63, 3.8) is 0 Å². The number of nitro benzene ring substituents is 1. The molecule has 11 heteroatoms. The van der Waals surface area contributed by atoms with Gasteiger partial charge in [0.15, 0.2) is 0 Å². The molecule has 0 aliphatic carbocycles. The van der Waals surface area contributed by atoms with Gasteiger partial charge in [-0.3, -0.25) is 20.2 Å². The van der Waals surface area contributed by atoms with E-state index >= 15 is 0 Å². The lowest BCUT2D eigenvalue weighted by molar-refractivity contribution is -0.384. The van der Waals surface area contributed by atoms with Gasteiger partial charge in [-0.05, 0) is 41.8 Å². The molecule has 0 radical (unpaired) electrons. The van der Waals surface area contributed by atoms with E-state index in [9.17, 15) is 20.2 Å². The maximum absolute atomic E-state index is 12.6. The van der Waals surface area contributed by atoms with Crippen molar-refractivity contribution < 1.29 is 9.72 Å². The number of nitro groups is 1. The van der Waals surface area contributed by atoms with Crippen LogP contribution in [-0.2, 0) is 11.2 Å². The van der Waals surface area contributed by atoms with E-state index in [1.165, 1.54) is 29.5 Å². The fraction of sp³-hybridized carbons (Fsp3) is 0.0476. The Morgan fingerprint density at radius 3 is 2.72 bits per heavy atom. The van der Waals surface area contributed by atoms with Crippen molar-refractivity contribution in [1.29, 1.82) is 5.26 Å². The third-order valence-corrected chi connectivity index (χ3v) is 6.08. The number of amides is 1. The molecule has 1 N–H and O–H groups in total. The number of hydrogen-bond acceptors (Lipinski definition) is 8. The highest BCUT2D eigenvalue weighted by atomic mass is 32.1. The Kier molecular flexibility index (Phi) is 6.16. The van der Waals surface area contributed by atoms with E-state index in [1.54, 1.807) is 46.4 Å². The van der Waals surface area contributed by atoms with Gasteiger partial charge in [-0.15, -0.1) is 21.5 Å². The number of aromatic nitrogens is 3. The van der Waals surface area contributed by atoms with Crippen LogP contribution in [-0.4, -0.2) is 25.6 Å². The number of nitrogens with zero attached hydrogens (tertiary/aromatic N) is 5. The number of rotatable bonds is 7. The Labute approximate surface area is 190 Å². The molecule has 0 atom stereocenters. The van der Waals surface area contributed by atoms with E-state index in [0.717, 1.165) is 9.88 Å². The van der Waals surface area contributed by atoms with Crippen molar-refractivity contribution >= 4 is 45.5 Å². The molecule has 1 amide bonds. The third kappa shape index (κ3) is 4.77. The summed E-state index contributed by atoms with van der Waals surface area (Å²) in [6.45, 7) is 0. The highest BCUT2D eigenvalue weighted by Gasteiger charge is 2.15. The van der Waals surface area contributed by atoms with Gasteiger partial charge in [0, 0.05) is 41.0 Å². The minimum atomic E-state index is -0.595. The van der Waals surface area contributed by atoms with Gasteiger partial charge >= 0.3 is 0 Å². The second-order valence-electron chi connectivity index (χ2n) is 6.46. The summed E-state index contributed by atoms with van der Waals surface area (Å²) < 4.78 is 1.72. The molecule has 0 bridgehead atoms. The zero-order chi connectivity index (χ0) is 22.5. The lowest BCUT2D eigenvalue weighted by Crippen LogP contribution is -2.13. The Morgan fingerprint density at radius 1 is 1.22 bits per heavy atom. The summed E-state index contributed by atoms with van der Waals surface area (Å²) in [4.78, 5) is 24.1. The molecule has 32 heavy (non-hydrogen) atoms. The first-order valence-corrected chi connectivity index (χ1v) is 10.9. The Hall–Kier alpha value is -4.14. The molecule has 4 aromatic rings. The van der Waals surface area contributed by atoms with E-state index in [4.69, 9.17) is 0 Å². The minimum absolute atomic E-state index is 0.0226. The molecule has 0 fully saturated rings. The smallest absolute Gasteiger partial charge is 0.269 e. The summed E-state index contributed by atoms with van der Waals surface area (Å²) in [5.41, 5.74) is 1.10. The monoisotopic (exact) mass is 462 g/mol. The van der Waals surface area contributed by atoms with Crippen LogP contribution in [0.1, 0.15) is 15.6 Å². The fourth-order valence-corrected chi connectivity index (χ4v) is 4.44. The quantitative estimate of drug-likeness (QED) is 0.187. The SMILES string of the molecule is N#C/C(=C/c1cccn1-c1ccc([N+](=O)[O-])cc1)C(=O)Nc1nnc(Cc2cccs2)s1. The topological polar surface area (TPSA) is 127 Å². The number of nitrogens with one attached hydrogen (secondary N) is 1. The highest BCUT2D eigenvalue weighted by Crippen LogP contribution is 2.22. The summed E-state index contributed by atoms with van der Waals surface area (Å²) in [5, 5.41) is 34.1. The summed E-state index contributed by atoms with van der Waals surface area (Å²) >= 11 is 2.87. The third-order valence-electron chi connectivity index (χ3n) is 4.37. The van der Waals surface area contributed by atoms with Crippen molar-refractivity contribution in [3.8, 4) is 11.8 Å². The number of thiophene rings is 1. The summed E-state index contributed by atoms with van der Waals surface area (Å²) in [5.74, 6) is -0.595. The number of carbonyl (C=O) groups is 1. The molecular formula is C21H14N6O3S2. The van der Waals surface area contributed by atoms with Gasteiger partial charge < -0.3 is 4.57 Å². The highest BCUT2D eigenvalue weighted by molar-refractivity contribution is 7.15. The molecule has 0 saturated carbocycles. The van der Waals surface area contributed by atoms with Crippen LogP contribution >= 0.6 is 22.7 Å². The zero-order valence-electron chi connectivity index (χ0n) is 16.3. The van der Waals surface area contributed by atoms with Gasteiger partial charge in [0.25, 0.3) is 11.6 Å². The average Bonchev–Trinajstić information content (AvgIpc) is 3.55. The van der Waals surface area contributed by atoms with E-state index in [0.29, 0.717) is 22.9 Å². The van der Waals surface area contributed by atoms with Gasteiger partial charge in [-0.2, -0.15) is 5.26 Å². The van der Waals surface area contributed by atoms with Crippen LogP contribution in [0.3, 0.4) is 0 Å². The van der Waals surface area contributed by atoms with E-state index in [1.807, 2.05) is 23.6 Å². The summed E-state index contributed by atoms with van der Waals surface area (Å²) in [7, 11) is 0. The van der Waals surface area contributed by atoms with Gasteiger partial charge in [-0.1, -0.05) is 17.4 Å². The number of nitriles is 1. The number of non-ortho nitro benzene ring substituents is 1. The number of benzene rings is 1. The summed E-state index contributed by atoms with van der Waals surface area (Å²) in [6, 6.07) is 15.3. The van der Waals surface area contributed by atoms with Gasteiger partial charge in [0.2, 0.25) is 5.13 Å². The maximum atomic E-state index is 12.6. The second-order valence-corrected chi connectivity index (χ2v) is 8.55. The predicted octanol–water partition coefficient (Wildman–Crippen LogP) is 4.43. The molecule has 0 spiro atoms. The largest absolute Gasteiger partial charge is 0.317 e. The molecule has 3 aromatic heterocycles. The van der Waals surface area contributed by atoms with Crippen LogP contribution in [0.5, 0.6) is 0 Å². The van der Waals surface area contributed by atoms with E-state index in [-0.39, 0.29) is 11.3 Å². The van der Waals surface area contributed by atoms with Gasteiger partial charge in [-0.25, -0.2) is 0 Å². The Morgan fingerprint density at radius 2 is 2.03 bits per heavy atom. The summed E-state index contributed by atoms with van der Waals surface area (Å²) in [6.07, 6.45) is 3.82. The second kappa shape index (κ2) is 9.34. The fourth-order valence-electron chi connectivity index (χ4n) is 2.88. The van der Waals surface area contributed by atoms with Crippen LogP contribution in [0.4, 0.5) is 10.8 Å². The van der Waals surface area contributed by atoms with Crippen molar-refractivity contribution in [1.82, 2.24) is 14.8 Å². The van der Waals surface area contributed by atoms with Crippen LogP contribution < -0.4 is 5.32 Å². The number of hydrogen-bond donors (Lipinski definition) is 1. The maximum Gasteiger partial charge on any atom is 0.269 e. The van der Waals surface area contributed by atoms with E-state index in [2.05, 4.69) is 15.5 Å². The Balaban J connectivity index is 1.51. The molecule has 4 rings (SSSR count). The molecule has 3 heterocycles. The Bertz CT molecular complexity index is 1330. The first kappa shape index (κ1) is 21.1. The zero-order valence-corrected chi connectivity index (χ0v) is 18.0. The van der Waals surface area contributed by atoms with Crippen molar-refractivity contribution in [2.75, 3.05) is 5.32 Å². The standard InChI is InChI=1S/C21H14N6O3S2/c22-13-14(20(28)23-21-25-24-19(32-21)12-18-4-2-10-31-18)11-17-3-1-9-26(17)15-5-7-16(8-6-15)27(29)30/h1-11H,12H2,(H,23,25,28)/b14-11-. The lowest BCUT2D eigenvalue weighted by atomic mass is 10.2. The molecule has 0 aliphatic heterocycles. The van der Waals surface area contributed by atoms with Crippen molar-refractivity contribution in [3.05, 3.63) is 91.4 Å². The molecule has 1 aromatic carbocycles. The van der Waals surface area contributed by atoms with Crippen molar-refractivity contribution in [2.45, 2.75) is 6.42 Å². The van der Waals surface area contributed by atoms with Crippen LogP contribution in [0, 0.1) is 21.4 Å². The average molecular weight is 463 g/mol. The van der Waals surface area contributed by atoms with E-state index < -0.39 is 10.8 Å². The predicted molar refractivity (Wildman–Crippen MR) is 122 cm³/mol. The van der Waals surface area contributed by atoms with Crippen LogP contribution in [0.15, 0.2) is 65.7 Å². The molecule has 0 unspecified atom stereocenters. The van der Waals surface area contributed by atoms with Gasteiger partial charge in [0.05, 0.1) is 4.92 Å². The first-order chi connectivity index (χ1) is 15.5. The number of carbonyl (C=O) groups excluding carboxylic acids is 1. The molecule has 9 nitrogen and oxygen atoms in total.